The second-order valence-corrected chi connectivity index (χ2v) is 4.25. The molecular weight excluding hydrogens is 205 g/mol. The highest BCUT2D eigenvalue weighted by Crippen LogP contribution is 2.07. The predicted molar refractivity (Wildman–Crippen MR) is 61.9 cm³/mol. The maximum atomic E-state index is 12.9. The number of ether oxygens (including phenoxy) is 1. The second-order valence-electron chi connectivity index (χ2n) is 4.25. The lowest BCUT2D eigenvalue weighted by Crippen LogP contribution is -2.30. The molecule has 2 rings (SSSR count). The minimum absolute atomic E-state index is 0.144. The summed E-state index contributed by atoms with van der Waals surface area (Å²) in [6.07, 6.45) is 3.08. The number of nitrogens with one attached hydrogen (secondary N) is 1. The summed E-state index contributed by atoms with van der Waals surface area (Å²) in [5.41, 5.74) is 1.07. The Labute approximate surface area is 95.8 Å². The summed E-state index contributed by atoms with van der Waals surface area (Å²) in [5, 5.41) is 3.45. The van der Waals surface area contributed by atoms with E-state index in [1.165, 1.54) is 6.07 Å². The smallest absolute Gasteiger partial charge is 0.123 e. The van der Waals surface area contributed by atoms with Crippen LogP contribution in [0.3, 0.4) is 0 Å². The molecule has 2 nitrogen and oxygen atoms in total. The molecule has 0 aromatic heterocycles. The van der Waals surface area contributed by atoms with Crippen LogP contribution < -0.4 is 5.32 Å². The number of hydrogen-bond donors (Lipinski definition) is 1. The fourth-order valence-corrected chi connectivity index (χ4v) is 1.99. The number of aryl methyl sites for hydroxylation is 1. The summed E-state index contributed by atoms with van der Waals surface area (Å²) in [6.45, 7) is 2.69. The highest BCUT2D eigenvalue weighted by molar-refractivity contribution is 5.16. The van der Waals surface area contributed by atoms with E-state index in [-0.39, 0.29) is 5.82 Å². The van der Waals surface area contributed by atoms with Gasteiger partial charge in [0.2, 0.25) is 0 Å². The van der Waals surface area contributed by atoms with Crippen molar-refractivity contribution in [2.75, 3.05) is 19.8 Å². The monoisotopic (exact) mass is 223 g/mol. The van der Waals surface area contributed by atoms with Crippen molar-refractivity contribution in [1.82, 2.24) is 5.32 Å². The molecule has 0 saturated carbocycles. The lowest BCUT2D eigenvalue weighted by atomic mass is 10.1. The zero-order chi connectivity index (χ0) is 11.2. The Kier molecular flexibility index (Phi) is 4.31. The van der Waals surface area contributed by atoms with Gasteiger partial charge in [0, 0.05) is 12.6 Å². The Hall–Kier alpha value is -0.930. The van der Waals surface area contributed by atoms with Crippen molar-refractivity contribution in [3.8, 4) is 0 Å². The van der Waals surface area contributed by atoms with Crippen LogP contribution in [0.4, 0.5) is 4.39 Å². The average molecular weight is 223 g/mol. The molecule has 1 aromatic carbocycles. The van der Waals surface area contributed by atoms with Crippen molar-refractivity contribution in [2.24, 2.45) is 0 Å². The fraction of sp³-hybridized carbons (Fsp3) is 0.538. The van der Waals surface area contributed by atoms with Crippen molar-refractivity contribution in [3.05, 3.63) is 35.6 Å². The molecule has 0 amide bonds. The summed E-state index contributed by atoms with van der Waals surface area (Å²) in [7, 11) is 0. The minimum atomic E-state index is -0.144. The van der Waals surface area contributed by atoms with Gasteiger partial charge in [0.25, 0.3) is 0 Å². The lowest BCUT2D eigenvalue weighted by molar-refractivity contribution is 0.190. The molecule has 0 aliphatic carbocycles. The third-order valence-electron chi connectivity index (χ3n) is 2.89. The third-order valence-corrected chi connectivity index (χ3v) is 2.89. The van der Waals surface area contributed by atoms with Gasteiger partial charge in [0.05, 0.1) is 6.61 Å². The Balaban J connectivity index is 1.64. The van der Waals surface area contributed by atoms with E-state index in [2.05, 4.69) is 5.32 Å². The molecule has 1 saturated heterocycles. The topological polar surface area (TPSA) is 21.3 Å². The Morgan fingerprint density at radius 2 is 2.38 bits per heavy atom. The van der Waals surface area contributed by atoms with E-state index in [9.17, 15) is 4.39 Å². The zero-order valence-electron chi connectivity index (χ0n) is 9.42. The molecule has 1 N–H and O–H groups in total. The van der Waals surface area contributed by atoms with Gasteiger partial charge in [0.15, 0.2) is 0 Å². The molecular formula is C13H18FNO. The molecule has 0 radical (unpaired) electrons. The fourth-order valence-electron chi connectivity index (χ4n) is 1.99. The third kappa shape index (κ3) is 3.58. The first-order valence-corrected chi connectivity index (χ1v) is 5.90. The van der Waals surface area contributed by atoms with E-state index in [4.69, 9.17) is 4.74 Å². The van der Waals surface area contributed by atoms with Gasteiger partial charge in [-0.25, -0.2) is 4.39 Å². The van der Waals surface area contributed by atoms with Gasteiger partial charge in [-0.3, -0.25) is 0 Å². The van der Waals surface area contributed by atoms with Crippen LogP contribution in [-0.4, -0.2) is 25.8 Å². The molecule has 0 spiro atoms. The van der Waals surface area contributed by atoms with Crippen LogP contribution in [0.1, 0.15) is 18.4 Å². The molecule has 16 heavy (non-hydrogen) atoms. The molecule has 3 heteroatoms. The summed E-state index contributed by atoms with van der Waals surface area (Å²) in [4.78, 5) is 0. The Morgan fingerprint density at radius 1 is 1.44 bits per heavy atom. The molecule has 0 bridgehead atoms. The van der Waals surface area contributed by atoms with Crippen LogP contribution in [0.5, 0.6) is 0 Å². The molecule has 1 aromatic rings. The second kappa shape index (κ2) is 5.97. The largest absolute Gasteiger partial charge is 0.380 e. The maximum Gasteiger partial charge on any atom is 0.123 e. The summed E-state index contributed by atoms with van der Waals surface area (Å²) in [6, 6.07) is 7.36. The summed E-state index contributed by atoms with van der Waals surface area (Å²) in [5.74, 6) is -0.144. The highest BCUT2D eigenvalue weighted by atomic mass is 19.1. The molecule has 88 valence electrons. The van der Waals surface area contributed by atoms with Gasteiger partial charge in [-0.15, -0.1) is 0 Å². The van der Waals surface area contributed by atoms with Gasteiger partial charge < -0.3 is 10.1 Å². The number of halogens is 1. The van der Waals surface area contributed by atoms with Crippen molar-refractivity contribution in [2.45, 2.75) is 25.3 Å². The molecule has 1 fully saturated rings. The minimum Gasteiger partial charge on any atom is -0.380 e. The maximum absolute atomic E-state index is 12.9. The van der Waals surface area contributed by atoms with Crippen molar-refractivity contribution in [1.29, 1.82) is 0 Å². The lowest BCUT2D eigenvalue weighted by Gasteiger charge is -2.09. The van der Waals surface area contributed by atoms with Crippen molar-refractivity contribution < 1.29 is 9.13 Å². The quantitative estimate of drug-likeness (QED) is 0.772. The zero-order valence-corrected chi connectivity index (χ0v) is 9.42. The van der Waals surface area contributed by atoms with Crippen molar-refractivity contribution >= 4 is 0 Å². The van der Waals surface area contributed by atoms with Crippen LogP contribution >= 0.6 is 0 Å². The Bertz CT molecular complexity index is 323. The highest BCUT2D eigenvalue weighted by Gasteiger charge is 2.13. The van der Waals surface area contributed by atoms with Crippen LogP contribution in [-0.2, 0) is 11.2 Å². The van der Waals surface area contributed by atoms with Crippen LogP contribution in [0.2, 0.25) is 0 Å². The van der Waals surface area contributed by atoms with E-state index >= 15 is 0 Å². The Morgan fingerprint density at radius 3 is 3.12 bits per heavy atom. The van der Waals surface area contributed by atoms with Gasteiger partial charge in [0.1, 0.15) is 5.82 Å². The molecule has 1 aliphatic rings. The molecule has 1 atom stereocenters. The summed E-state index contributed by atoms with van der Waals surface area (Å²) >= 11 is 0. The van der Waals surface area contributed by atoms with Crippen molar-refractivity contribution in [3.63, 3.8) is 0 Å². The van der Waals surface area contributed by atoms with Gasteiger partial charge in [-0.05, 0) is 43.5 Å². The number of hydrogen-bond acceptors (Lipinski definition) is 2. The van der Waals surface area contributed by atoms with Gasteiger partial charge in [-0.2, -0.15) is 0 Å². The van der Waals surface area contributed by atoms with Crippen LogP contribution in [0.25, 0.3) is 0 Å². The number of rotatable bonds is 5. The van der Waals surface area contributed by atoms with Crippen LogP contribution in [0, 0.1) is 5.82 Å². The normalized spacial score (nSPS) is 20.2. The molecule has 1 heterocycles. The predicted octanol–water partition coefficient (Wildman–Crippen LogP) is 2.14. The van der Waals surface area contributed by atoms with E-state index in [0.717, 1.165) is 44.6 Å². The standard InChI is InChI=1S/C13H18FNO/c14-12-5-1-3-11(9-12)4-2-7-15-13-6-8-16-10-13/h1,3,5,9,13,15H,2,4,6-8,10H2. The first-order chi connectivity index (χ1) is 7.84. The first kappa shape index (κ1) is 11.6. The van der Waals surface area contributed by atoms with Gasteiger partial charge in [-0.1, -0.05) is 12.1 Å². The summed E-state index contributed by atoms with van der Waals surface area (Å²) < 4.78 is 18.2. The van der Waals surface area contributed by atoms with Gasteiger partial charge >= 0.3 is 0 Å². The number of benzene rings is 1. The van der Waals surface area contributed by atoms with E-state index < -0.39 is 0 Å². The molecule has 1 aliphatic heterocycles. The van der Waals surface area contributed by atoms with E-state index in [1.807, 2.05) is 6.07 Å². The van der Waals surface area contributed by atoms with E-state index in [0.29, 0.717) is 6.04 Å². The SMILES string of the molecule is Fc1cccc(CCCNC2CCOC2)c1. The van der Waals surface area contributed by atoms with Crippen LogP contribution in [0.15, 0.2) is 24.3 Å². The first-order valence-electron chi connectivity index (χ1n) is 5.90. The molecule has 1 unspecified atom stereocenters. The average Bonchev–Trinajstić information content (AvgIpc) is 2.77. The van der Waals surface area contributed by atoms with E-state index in [1.54, 1.807) is 12.1 Å².